The lowest BCUT2D eigenvalue weighted by molar-refractivity contribution is 0.430. The van der Waals surface area contributed by atoms with Gasteiger partial charge in [0.05, 0.1) is 0 Å². The quantitative estimate of drug-likeness (QED) is 0.0339. The Bertz CT molecular complexity index is 3100. The number of benzene rings is 1. The standard InChI is InChI=1S/C84H126N12/c1-7-13-19-25-31-37-55-91-61-43-49-67(91)73-74(68-50-44-62-92(68)56-38-32-26-20-14-8-2)86-80-79(85-73)81-83(89-76(70-52-46-64-94(70)58-40-34-28-22-16-10-4)75(87-81)69-51-45-63-93(69)57-39-33-27-21-15-9-3)84-82(80)88-77(71-53-47-65-95(71)59-41-35-29-23-17-11-5)78(90-84)72-54-48-66-96(72)60-42-36-30-24-18-12-6/h43-54,61-66,73-78H,7-42,55-60H2,1-6H3. The first kappa shape index (κ1) is 72.4. The first-order chi connectivity index (χ1) is 47.5. The summed E-state index contributed by atoms with van der Waals surface area (Å²) in [6, 6.07) is 25.7. The highest BCUT2D eigenvalue weighted by Crippen LogP contribution is 2.41. The molecule has 0 fully saturated rings. The molecule has 522 valence electrons. The predicted octanol–water partition coefficient (Wildman–Crippen LogP) is 19.9. The van der Waals surface area contributed by atoms with Gasteiger partial charge in [-0.25, -0.2) is 0 Å². The lowest BCUT2D eigenvalue weighted by Gasteiger charge is -2.30. The van der Waals surface area contributed by atoms with Crippen LogP contribution in [0.2, 0.25) is 0 Å². The number of rotatable bonds is 48. The highest BCUT2D eigenvalue weighted by molar-refractivity contribution is 5.30. The molecule has 0 bridgehead atoms. The van der Waals surface area contributed by atoms with Crippen LogP contribution in [0.3, 0.4) is 0 Å². The summed E-state index contributed by atoms with van der Waals surface area (Å²) in [6.07, 6.45) is 58.8. The summed E-state index contributed by atoms with van der Waals surface area (Å²) in [4.78, 5) is 37.6. The number of hydrogen-bond donors (Lipinski definition) is 0. The molecule has 6 unspecified atom stereocenters. The lowest BCUT2D eigenvalue weighted by atomic mass is 9.97. The van der Waals surface area contributed by atoms with Gasteiger partial charge < -0.3 is 27.4 Å². The van der Waals surface area contributed by atoms with Crippen LogP contribution in [0.1, 0.15) is 343 Å². The van der Waals surface area contributed by atoms with E-state index in [1.807, 2.05) is 0 Å². The Kier molecular flexibility index (Phi) is 29.7. The number of fused-ring (bicyclic) bond motifs is 6. The molecule has 0 radical (unpaired) electrons. The van der Waals surface area contributed by atoms with Gasteiger partial charge in [0.2, 0.25) is 0 Å². The molecule has 7 aromatic rings. The number of aromatic nitrogens is 6. The Morgan fingerprint density at radius 3 is 0.479 bits per heavy atom. The van der Waals surface area contributed by atoms with Gasteiger partial charge in [-0.1, -0.05) is 234 Å². The van der Waals surface area contributed by atoms with Crippen LogP contribution in [0.25, 0.3) is 0 Å². The second-order valence-corrected chi connectivity index (χ2v) is 28.9. The van der Waals surface area contributed by atoms with Crippen LogP contribution in [0, 0.1) is 0 Å². The van der Waals surface area contributed by atoms with E-state index in [4.69, 9.17) is 30.0 Å². The van der Waals surface area contributed by atoms with Crippen LogP contribution in [-0.4, -0.2) is 27.4 Å². The fraction of sp³-hybridized carbons (Fsp3) is 0.643. The zero-order valence-electron chi connectivity index (χ0n) is 60.9. The average Bonchev–Trinajstić information content (AvgIpc) is 0.838. The maximum Gasteiger partial charge on any atom is 0.119 e. The molecule has 3 aliphatic heterocycles. The highest BCUT2D eigenvalue weighted by Gasteiger charge is 2.38. The second kappa shape index (κ2) is 39.3. The minimum absolute atomic E-state index is 0.311. The zero-order chi connectivity index (χ0) is 66.5. The molecule has 0 amide bonds. The van der Waals surface area contributed by atoms with Crippen LogP contribution in [-0.2, 0) is 39.3 Å². The topological polar surface area (TPSA) is 104 Å². The molecule has 1 aromatic carbocycles. The normalized spacial score (nSPS) is 18.1. The molecule has 10 rings (SSSR count). The summed E-state index contributed by atoms with van der Waals surface area (Å²) in [7, 11) is 0. The van der Waals surface area contributed by atoms with E-state index in [-0.39, 0.29) is 36.3 Å². The van der Waals surface area contributed by atoms with E-state index in [0.717, 1.165) is 110 Å². The number of hydrogen-bond acceptors (Lipinski definition) is 6. The molecular weight excluding hydrogens is 1180 g/mol. The Morgan fingerprint density at radius 2 is 0.333 bits per heavy atom. The van der Waals surface area contributed by atoms with E-state index < -0.39 is 0 Å². The maximum absolute atomic E-state index is 6.26. The van der Waals surface area contributed by atoms with Crippen molar-refractivity contribution in [2.45, 2.75) is 348 Å². The molecule has 0 saturated carbocycles. The zero-order valence-corrected chi connectivity index (χ0v) is 60.9. The van der Waals surface area contributed by atoms with E-state index in [0.29, 0.717) is 0 Å². The van der Waals surface area contributed by atoms with Crippen molar-refractivity contribution in [1.29, 1.82) is 0 Å². The van der Waals surface area contributed by atoms with Crippen LogP contribution >= 0.6 is 0 Å². The number of aryl methyl sites for hydroxylation is 6. The van der Waals surface area contributed by atoms with Gasteiger partial charge in [-0.05, 0) is 111 Å². The summed E-state index contributed by atoms with van der Waals surface area (Å²) >= 11 is 0. The molecule has 0 N–H and O–H groups in total. The Balaban J connectivity index is 1.22. The summed E-state index contributed by atoms with van der Waals surface area (Å²) in [5, 5.41) is 4.92. The van der Waals surface area contributed by atoms with Crippen molar-refractivity contribution < 1.29 is 0 Å². The van der Waals surface area contributed by atoms with Crippen LogP contribution < -0.4 is 32.1 Å². The Labute approximate surface area is 578 Å². The fourth-order valence-electron chi connectivity index (χ4n) is 15.8. The monoisotopic (exact) mass is 1300 g/mol. The van der Waals surface area contributed by atoms with Gasteiger partial charge in [0.1, 0.15) is 68.4 Å². The van der Waals surface area contributed by atoms with Crippen LogP contribution in [0.15, 0.2) is 140 Å². The van der Waals surface area contributed by atoms with Gasteiger partial charge in [-0.15, -0.1) is 0 Å². The molecule has 6 aromatic heterocycles. The fourth-order valence-corrected chi connectivity index (χ4v) is 15.8. The van der Waals surface area contributed by atoms with Crippen molar-refractivity contribution in [3.05, 3.63) is 176 Å². The first-order valence-corrected chi connectivity index (χ1v) is 39.9. The third-order valence-electron chi connectivity index (χ3n) is 21.4. The lowest BCUT2D eigenvalue weighted by Crippen LogP contribution is -2.69. The minimum Gasteiger partial charge on any atom is -0.349 e. The Hall–Kier alpha value is -6.30. The third kappa shape index (κ3) is 19.1. The van der Waals surface area contributed by atoms with Crippen molar-refractivity contribution >= 4 is 0 Å². The van der Waals surface area contributed by atoms with Gasteiger partial charge >= 0.3 is 0 Å². The molecule has 12 heteroatoms. The molecule has 12 nitrogen and oxygen atoms in total. The third-order valence-corrected chi connectivity index (χ3v) is 21.4. The van der Waals surface area contributed by atoms with E-state index in [1.165, 1.54) is 227 Å². The summed E-state index contributed by atoms with van der Waals surface area (Å²) in [6.45, 7) is 19.6. The minimum atomic E-state index is -0.311. The van der Waals surface area contributed by atoms with Crippen molar-refractivity contribution in [2.24, 2.45) is 30.0 Å². The second-order valence-electron chi connectivity index (χ2n) is 28.9. The Morgan fingerprint density at radius 1 is 0.198 bits per heavy atom. The van der Waals surface area contributed by atoms with Crippen molar-refractivity contribution in [1.82, 2.24) is 27.4 Å². The molecule has 3 aliphatic rings. The summed E-state index contributed by atoms with van der Waals surface area (Å²) in [5.41, 5.74) is 7.26. The van der Waals surface area contributed by atoms with Gasteiger partial charge in [-0.2, -0.15) is 0 Å². The van der Waals surface area contributed by atoms with Crippen molar-refractivity contribution in [3.63, 3.8) is 0 Å². The van der Waals surface area contributed by atoms with Crippen molar-refractivity contribution in [3.8, 4) is 0 Å². The molecule has 9 heterocycles. The van der Waals surface area contributed by atoms with E-state index in [1.54, 1.807) is 0 Å². The largest absolute Gasteiger partial charge is 0.349 e. The summed E-state index contributed by atoms with van der Waals surface area (Å²) in [5.74, 6) is 0. The van der Waals surface area contributed by atoms with Gasteiger partial charge in [-0.3, -0.25) is 30.0 Å². The van der Waals surface area contributed by atoms with Crippen LogP contribution in [0.5, 0.6) is 0 Å². The number of unbranched alkanes of at least 4 members (excludes halogenated alkanes) is 30. The van der Waals surface area contributed by atoms with Gasteiger partial charge in [0, 0.05) is 111 Å². The predicted molar refractivity (Wildman–Crippen MR) is 397 cm³/mol. The molecule has 0 saturated heterocycles. The average molecular weight is 1300 g/mol. The van der Waals surface area contributed by atoms with Crippen molar-refractivity contribution in [2.75, 3.05) is 0 Å². The highest BCUT2D eigenvalue weighted by atomic mass is 15.1. The van der Waals surface area contributed by atoms with E-state index in [2.05, 4.69) is 179 Å². The summed E-state index contributed by atoms with van der Waals surface area (Å²) < 4.78 is 15.1. The maximum atomic E-state index is 6.26. The SMILES string of the molecule is CCCCCCCCn1cccc1C1N=c2c3c(c4c(c2=NC1c1cccn1CCCCCCCC)=NC(c1cccn1CCCCCCCC)C(c1cccn1CCCCCCCC)N=4)=NC(c1cccn1CCCCCCCC)C(c1cccn1CCCCCCCC)N=3. The van der Waals surface area contributed by atoms with Gasteiger partial charge in [0.15, 0.2) is 0 Å². The van der Waals surface area contributed by atoms with Gasteiger partial charge in [0.25, 0.3) is 0 Å². The first-order valence-electron chi connectivity index (χ1n) is 39.9. The molecule has 0 spiro atoms. The number of nitrogens with zero attached hydrogens (tertiary/aromatic N) is 12. The van der Waals surface area contributed by atoms with Crippen LogP contribution in [0.4, 0.5) is 0 Å². The smallest absolute Gasteiger partial charge is 0.119 e. The van der Waals surface area contributed by atoms with E-state index >= 15 is 0 Å². The molecule has 0 aliphatic carbocycles. The van der Waals surface area contributed by atoms with E-state index in [9.17, 15) is 0 Å². The molecular formula is C84H126N12. The molecule has 96 heavy (non-hydrogen) atoms. The molecule has 6 atom stereocenters.